The molecule has 0 aromatic carbocycles. The molecule has 2 aromatic heterocycles. The SMILES string of the molecule is O=S(=O)(c1ccsc1Br)n1cccc1. The summed E-state index contributed by atoms with van der Waals surface area (Å²) in [5.41, 5.74) is 0. The van der Waals surface area contributed by atoms with Gasteiger partial charge in [0.2, 0.25) is 0 Å². The van der Waals surface area contributed by atoms with Gasteiger partial charge in [-0.05, 0) is 39.5 Å². The fourth-order valence-electron chi connectivity index (χ4n) is 1.06. The van der Waals surface area contributed by atoms with Crippen LogP contribution >= 0.6 is 27.3 Å². The van der Waals surface area contributed by atoms with Gasteiger partial charge in [0.25, 0.3) is 10.0 Å². The first kappa shape index (κ1) is 9.95. The van der Waals surface area contributed by atoms with E-state index in [0.717, 1.165) is 0 Å². The van der Waals surface area contributed by atoms with Gasteiger partial charge in [-0.3, -0.25) is 0 Å². The largest absolute Gasteiger partial charge is 0.269 e. The molecule has 2 rings (SSSR count). The van der Waals surface area contributed by atoms with Gasteiger partial charge in [0, 0.05) is 12.4 Å². The molecule has 0 N–H and O–H groups in total. The van der Waals surface area contributed by atoms with Crippen molar-refractivity contribution in [2.75, 3.05) is 0 Å². The van der Waals surface area contributed by atoms with Crippen molar-refractivity contribution in [1.82, 2.24) is 3.97 Å². The van der Waals surface area contributed by atoms with Crippen LogP contribution in [0.2, 0.25) is 0 Å². The van der Waals surface area contributed by atoms with Crippen LogP contribution in [0.1, 0.15) is 0 Å². The number of halogens is 1. The third-order valence-electron chi connectivity index (χ3n) is 1.72. The highest BCUT2D eigenvalue weighted by molar-refractivity contribution is 9.11. The van der Waals surface area contributed by atoms with Gasteiger partial charge in [-0.2, -0.15) is 0 Å². The van der Waals surface area contributed by atoms with Crippen LogP contribution in [-0.2, 0) is 10.0 Å². The Morgan fingerprint density at radius 1 is 1.29 bits per heavy atom. The number of aromatic nitrogens is 1. The van der Waals surface area contributed by atoms with E-state index < -0.39 is 10.0 Å². The maximum atomic E-state index is 11.9. The summed E-state index contributed by atoms with van der Waals surface area (Å²) in [5.74, 6) is 0. The van der Waals surface area contributed by atoms with E-state index in [-0.39, 0.29) is 0 Å². The van der Waals surface area contributed by atoms with Gasteiger partial charge in [-0.1, -0.05) is 0 Å². The molecule has 0 radical (unpaired) electrons. The average Bonchev–Trinajstić information content (AvgIpc) is 2.72. The average molecular weight is 292 g/mol. The van der Waals surface area contributed by atoms with E-state index in [9.17, 15) is 8.42 Å². The maximum absolute atomic E-state index is 11.9. The molecule has 0 spiro atoms. The third kappa shape index (κ3) is 1.53. The molecule has 0 saturated heterocycles. The Balaban J connectivity index is 2.60. The van der Waals surface area contributed by atoms with Gasteiger partial charge in [0.15, 0.2) is 0 Å². The number of hydrogen-bond donors (Lipinski definition) is 0. The molecule has 14 heavy (non-hydrogen) atoms. The first-order chi connectivity index (χ1) is 6.62. The fraction of sp³-hybridized carbons (Fsp3) is 0. The van der Waals surface area contributed by atoms with Gasteiger partial charge in [-0.15, -0.1) is 11.3 Å². The van der Waals surface area contributed by atoms with Crippen molar-refractivity contribution in [3.05, 3.63) is 39.8 Å². The summed E-state index contributed by atoms with van der Waals surface area (Å²) in [4.78, 5) is 0.304. The molecule has 6 heteroatoms. The van der Waals surface area contributed by atoms with Crippen molar-refractivity contribution in [3.8, 4) is 0 Å². The highest BCUT2D eigenvalue weighted by atomic mass is 79.9. The summed E-state index contributed by atoms with van der Waals surface area (Å²) in [6.45, 7) is 0. The number of thiophene rings is 1. The first-order valence-electron chi connectivity index (χ1n) is 3.74. The predicted molar refractivity (Wildman–Crippen MR) is 59.0 cm³/mol. The van der Waals surface area contributed by atoms with Crippen LogP contribution in [-0.4, -0.2) is 12.4 Å². The van der Waals surface area contributed by atoms with E-state index >= 15 is 0 Å². The van der Waals surface area contributed by atoms with Crippen LogP contribution in [0, 0.1) is 0 Å². The summed E-state index contributed by atoms with van der Waals surface area (Å²) in [5, 5.41) is 1.74. The summed E-state index contributed by atoms with van der Waals surface area (Å²) >= 11 is 4.57. The molecule has 0 saturated carbocycles. The lowest BCUT2D eigenvalue weighted by Gasteiger charge is -2.03. The monoisotopic (exact) mass is 291 g/mol. The van der Waals surface area contributed by atoms with Gasteiger partial charge in [0.1, 0.15) is 4.90 Å². The standard InChI is InChI=1S/C8H6BrNO2S2/c9-8-7(3-6-13-8)14(11,12)10-4-1-2-5-10/h1-6H. The van der Waals surface area contributed by atoms with Crippen LogP contribution in [0.15, 0.2) is 44.7 Å². The molecular weight excluding hydrogens is 286 g/mol. The van der Waals surface area contributed by atoms with Crippen molar-refractivity contribution in [1.29, 1.82) is 0 Å². The van der Waals surface area contributed by atoms with E-state index in [1.165, 1.54) is 27.7 Å². The van der Waals surface area contributed by atoms with E-state index in [1.54, 1.807) is 23.6 Å². The van der Waals surface area contributed by atoms with Crippen LogP contribution < -0.4 is 0 Å². The summed E-state index contributed by atoms with van der Waals surface area (Å²) in [6, 6.07) is 4.94. The van der Waals surface area contributed by atoms with Crippen molar-refractivity contribution >= 4 is 37.3 Å². The smallest absolute Gasteiger partial charge is 0.249 e. The van der Waals surface area contributed by atoms with Gasteiger partial charge >= 0.3 is 0 Å². The molecule has 0 bridgehead atoms. The Morgan fingerprint density at radius 3 is 2.43 bits per heavy atom. The maximum Gasteiger partial charge on any atom is 0.269 e. The summed E-state index contributed by atoms with van der Waals surface area (Å²) in [7, 11) is -3.40. The normalized spacial score (nSPS) is 11.8. The first-order valence-corrected chi connectivity index (χ1v) is 6.85. The lowest BCUT2D eigenvalue weighted by Crippen LogP contribution is -2.10. The molecule has 0 atom stereocenters. The fourth-order valence-corrected chi connectivity index (χ4v) is 4.31. The van der Waals surface area contributed by atoms with Gasteiger partial charge in [-0.25, -0.2) is 12.4 Å². The minimum atomic E-state index is -3.40. The van der Waals surface area contributed by atoms with E-state index in [0.29, 0.717) is 8.68 Å². The molecular formula is C8H6BrNO2S2. The molecule has 0 aliphatic heterocycles. The Hall–Kier alpha value is -0.590. The van der Waals surface area contributed by atoms with E-state index in [1.807, 2.05) is 0 Å². The molecule has 0 aliphatic rings. The van der Waals surface area contributed by atoms with Crippen LogP contribution in [0.5, 0.6) is 0 Å². The molecule has 0 amide bonds. The highest BCUT2D eigenvalue weighted by Gasteiger charge is 2.19. The molecule has 0 fully saturated rings. The van der Waals surface area contributed by atoms with Crippen LogP contribution in [0.25, 0.3) is 0 Å². The Kier molecular flexibility index (Phi) is 2.50. The van der Waals surface area contributed by atoms with Crippen molar-refractivity contribution in [2.45, 2.75) is 4.90 Å². The summed E-state index contributed by atoms with van der Waals surface area (Å²) < 4.78 is 25.7. The lowest BCUT2D eigenvalue weighted by atomic mass is 10.7. The number of hydrogen-bond acceptors (Lipinski definition) is 3. The van der Waals surface area contributed by atoms with Gasteiger partial charge in [0.05, 0.1) is 3.79 Å². The zero-order valence-corrected chi connectivity index (χ0v) is 10.1. The second kappa shape index (κ2) is 3.52. The number of rotatable bonds is 2. The molecule has 2 aromatic rings. The lowest BCUT2D eigenvalue weighted by molar-refractivity contribution is 0.587. The van der Waals surface area contributed by atoms with Crippen LogP contribution in [0.3, 0.4) is 0 Å². The van der Waals surface area contributed by atoms with E-state index in [4.69, 9.17) is 0 Å². The van der Waals surface area contributed by atoms with E-state index in [2.05, 4.69) is 15.9 Å². The second-order valence-corrected chi connectivity index (χ2v) is 6.62. The van der Waals surface area contributed by atoms with Crippen molar-refractivity contribution in [3.63, 3.8) is 0 Å². The molecule has 0 aliphatic carbocycles. The Labute approximate surface area is 94.2 Å². The highest BCUT2D eigenvalue weighted by Crippen LogP contribution is 2.28. The second-order valence-electron chi connectivity index (χ2n) is 2.58. The Bertz CT molecular complexity index is 527. The van der Waals surface area contributed by atoms with Gasteiger partial charge < -0.3 is 0 Å². The Morgan fingerprint density at radius 2 is 1.93 bits per heavy atom. The molecule has 2 heterocycles. The number of nitrogens with zero attached hydrogens (tertiary/aromatic N) is 1. The minimum absolute atomic E-state index is 0.304. The minimum Gasteiger partial charge on any atom is -0.249 e. The topological polar surface area (TPSA) is 39.1 Å². The molecule has 0 unspecified atom stereocenters. The summed E-state index contributed by atoms with van der Waals surface area (Å²) in [6.07, 6.45) is 3.03. The predicted octanol–water partition coefficient (Wildman–Crippen LogP) is 2.55. The molecule has 74 valence electrons. The van der Waals surface area contributed by atoms with Crippen LogP contribution in [0.4, 0.5) is 0 Å². The molecule has 3 nitrogen and oxygen atoms in total. The van der Waals surface area contributed by atoms with Crippen molar-refractivity contribution < 1.29 is 8.42 Å². The van der Waals surface area contributed by atoms with Crippen molar-refractivity contribution in [2.24, 2.45) is 0 Å². The zero-order valence-electron chi connectivity index (χ0n) is 6.92. The zero-order chi connectivity index (χ0) is 10.2. The third-order valence-corrected chi connectivity index (χ3v) is 5.49. The quantitative estimate of drug-likeness (QED) is 0.853.